The summed E-state index contributed by atoms with van der Waals surface area (Å²) in [6, 6.07) is 10.6. The number of unbranched alkanes of at least 4 members (excludes halogenated alkanes) is 1. The Balaban J connectivity index is 1.76. The molecule has 0 spiro atoms. The quantitative estimate of drug-likeness (QED) is 0.251. The molecule has 0 bridgehead atoms. The fourth-order valence-corrected chi connectivity index (χ4v) is 6.87. The summed E-state index contributed by atoms with van der Waals surface area (Å²) in [5.74, 6) is -0.348. The van der Waals surface area contributed by atoms with Crippen LogP contribution in [0.25, 0.3) is 0 Å². The predicted molar refractivity (Wildman–Crippen MR) is 151 cm³/mol. The second-order valence-electron chi connectivity index (χ2n) is 11.2. The monoisotopic (exact) mass is 560 g/mol. The first kappa shape index (κ1) is 31.2. The molecule has 2 aromatic rings. The predicted octanol–water partition coefficient (Wildman–Crippen LogP) is 5.00. The van der Waals surface area contributed by atoms with Gasteiger partial charge in [0.25, 0.3) is 0 Å². The third kappa shape index (κ3) is 8.58. The highest BCUT2D eigenvalue weighted by Crippen LogP contribution is 2.35. The number of carbonyl (C=O) groups is 1. The number of hydrogen-bond donors (Lipinski definition) is 0. The van der Waals surface area contributed by atoms with Crippen molar-refractivity contribution in [2.24, 2.45) is 5.41 Å². The van der Waals surface area contributed by atoms with Gasteiger partial charge < -0.3 is 14.2 Å². The van der Waals surface area contributed by atoms with Crippen LogP contribution < -0.4 is 0 Å². The van der Waals surface area contributed by atoms with E-state index in [-0.39, 0.29) is 29.6 Å². The van der Waals surface area contributed by atoms with Crippen LogP contribution in [-0.2, 0) is 42.1 Å². The van der Waals surface area contributed by atoms with Gasteiger partial charge in [0.05, 0.1) is 30.1 Å². The molecule has 1 saturated heterocycles. The van der Waals surface area contributed by atoms with Crippen molar-refractivity contribution in [3.05, 3.63) is 58.9 Å². The van der Waals surface area contributed by atoms with Gasteiger partial charge in [-0.25, -0.2) is 8.42 Å². The molecular formula is C30H44N2O6S. The van der Waals surface area contributed by atoms with E-state index in [1.165, 1.54) is 11.4 Å². The lowest BCUT2D eigenvalue weighted by Gasteiger charge is -2.41. The number of sulfonamides is 1. The van der Waals surface area contributed by atoms with Crippen molar-refractivity contribution >= 4 is 16.0 Å². The first-order valence-electron chi connectivity index (χ1n) is 13.7. The van der Waals surface area contributed by atoms with Crippen molar-refractivity contribution in [3.8, 4) is 0 Å². The topological polar surface area (TPSA) is 95.0 Å². The van der Waals surface area contributed by atoms with Crippen LogP contribution >= 0.6 is 0 Å². The average Bonchev–Trinajstić information content (AvgIpc) is 2.89. The Morgan fingerprint density at radius 2 is 1.79 bits per heavy atom. The van der Waals surface area contributed by atoms with Gasteiger partial charge in [-0.3, -0.25) is 9.78 Å². The van der Waals surface area contributed by atoms with Crippen molar-refractivity contribution < 1.29 is 27.4 Å². The number of hydrogen-bond acceptors (Lipinski definition) is 7. The maximum atomic E-state index is 13.8. The summed E-state index contributed by atoms with van der Waals surface area (Å²) < 4.78 is 45.6. The molecule has 2 atom stereocenters. The highest BCUT2D eigenvalue weighted by Gasteiger charge is 2.42. The SMILES string of the molecule is COCCCCc1cc(CO[C@@H]2CC[C@@H](CC(C)(C)C(=O)OC)N(S(=O)(=O)c3ccc(C)cc3)C2)cc(C)n1. The maximum Gasteiger partial charge on any atom is 0.311 e. The van der Waals surface area contributed by atoms with E-state index in [9.17, 15) is 13.2 Å². The van der Waals surface area contributed by atoms with Crippen molar-refractivity contribution in [1.29, 1.82) is 0 Å². The van der Waals surface area contributed by atoms with Crippen LogP contribution in [0.5, 0.6) is 0 Å². The fraction of sp³-hybridized carbons (Fsp3) is 0.600. The lowest BCUT2D eigenvalue weighted by Crippen LogP contribution is -2.51. The number of ether oxygens (including phenoxy) is 3. The Hall–Kier alpha value is -2.33. The van der Waals surface area contributed by atoms with Gasteiger partial charge in [0.15, 0.2) is 0 Å². The summed E-state index contributed by atoms with van der Waals surface area (Å²) >= 11 is 0. The first-order valence-corrected chi connectivity index (χ1v) is 15.1. The Morgan fingerprint density at radius 1 is 1.08 bits per heavy atom. The Labute approximate surface area is 234 Å². The lowest BCUT2D eigenvalue weighted by molar-refractivity contribution is -0.152. The number of methoxy groups -OCH3 is 2. The molecule has 39 heavy (non-hydrogen) atoms. The summed E-state index contributed by atoms with van der Waals surface area (Å²) in [4.78, 5) is 17.3. The van der Waals surface area contributed by atoms with Gasteiger partial charge >= 0.3 is 5.97 Å². The minimum absolute atomic E-state index is 0.228. The molecule has 1 aliphatic heterocycles. The Morgan fingerprint density at radius 3 is 2.46 bits per heavy atom. The first-order chi connectivity index (χ1) is 18.5. The van der Waals surface area contributed by atoms with E-state index in [4.69, 9.17) is 14.2 Å². The number of aromatic nitrogens is 1. The molecule has 0 aliphatic carbocycles. The molecule has 0 unspecified atom stereocenters. The van der Waals surface area contributed by atoms with Gasteiger partial charge in [-0.15, -0.1) is 0 Å². The van der Waals surface area contributed by atoms with Crippen LogP contribution in [-0.4, -0.2) is 63.2 Å². The third-order valence-electron chi connectivity index (χ3n) is 7.31. The van der Waals surface area contributed by atoms with E-state index in [1.54, 1.807) is 45.2 Å². The van der Waals surface area contributed by atoms with Crippen LogP contribution in [0.15, 0.2) is 41.3 Å². The second-order valence-corrected chi connectivity index (χ2v) is 13.1. The highest BCUT2D eigenvalue weighted by molar-refractivity contribution is 7.89. The van der Waals surface area contributed by atoms with Gasteiger partial charge in [-0.1, -0.05) is 17.7 Å². The van der Waals surface area contributed by atoms with Gasteiger partial charge in [-0.2, -0.15) is 4.31 Å². The molecule has 0 saturated carbocycles. The number of rotatable bonds is 13. The van der Waals surface area contributed by atoms with Gasteiger partial charge in [0, 0.05) is 37.7 Å². The average molecular weight is 561 g/mol. The standard InChI is InChI=1S/C30H44N2O6S/c1-22-10-14-28(15-11-22)39(34,35)32-20-27(13-12-26(32)19-30(3,4)29(33)37-6)38-21-24-17-23(2)31-25(18-24)9-7-8-16-36-5/h10-11,14-15,17-18,26-27H,7-9,12-13,16,19-21H2,1-6H3/t26-,27+/m0/s1. The summed E-state index contributed by atoms with van der Waals surface area (Å²) in [6.07, 6.45) is 4.27. The number of piperidine rings is 1. The van der Waals surface area contributed by atoms with E-state index in [1.807, 2.05) is 19.9 Å². The molecule has 1 aromatic carbocycles. The van der Waals surface area contributed by atoms with Crippen LogP contribution in [0.1, 0.15) is 68.5 Å². The van der Waals surface area contributed by atoms with Crippen molar-refractivity contribution in [2.45, 2.75) is 89.9 Å². The molecule has 9 heteroatoms. The number of benzene rings is 1. The molecule has 1 aromatic heterocycles. The maximum absolute atomic E-state index is 13.8. The molecule has 0 radical (unpaired) electrons. The Kier molecular flexibility index (Phi) is 11.1. The zero-order valence-corrected chi connectivity index (χ0v) is 25.1. The zero-order chi connectivity index (χ0) is 28.6. The molecule has 216 valence electrons. The lowest BCUT2D eigenvalue weighted by atomic mass is 9.83. The molecule has 8 nitrogen and oxygen atoms in total. The van der Waals surface area contributed by atoms with Crippen LogP contribution in [0.3, 0.4) is 0 Å². The zero-order valence-electron chi connectivity index (χ0n) is 24.2. The van der Waals surface area contributed by atoms with Crippen LogP contribution in [0.4, 0.5) is 0 Å². The summed E-state index contributed by atoms with van der Waals surface area (Å²) in [7, 11) is -0.724. The number of pyridine rings is 1. The van der Waals surface area contributed by atoms with E-state index in [2.05, 4.69) is 11.1 Å². The van der Waals surface area contributed by atoms with E-state index >= 15 is 0 Å². The largest absolute Gasteiger partial charge is 0.469 e. The number of esters is 1. The number of nitrogens with zero attached hydrogens (tertiary/aromatic N) is 2. The molecule has 0 N–H and O–H groups in total. The van der Waals surface area contributed by atoms with Crippen molar-refractivity contribution in [2.75, 3.05) is 27.4 Å². The molecule has 3 rings (SSSR count). The van der Waals surface area contributed by atoms with Gasteiger partial charge in [-0.05, 0) is 96.0 Å². The van der Waals surface area contributed by atoms with E-state index < -0.39 is 15.4 Å². The summed E-state index contributed by atoms with van der Waals surface area (Å²) in [6.45, 7) is 8.86. The van der Waals surface area contributed by atoms with Crippen molar-refractivity contribution in [3.63, 3.8) is 0 Å². The third-order valence-corrected chi connectivity index (χ3v) is 9.24. The van der Waals surface area contributed by atoms with Gasteiger partial charge in [0.2, 0.25) is 10.0 Å². The van der Waals surface area contributed by atoms with Crippen LogP contribution in [0.2, 0.25) is 0 Å². The van der Waals surface area contributed by atoms with Crippen LogP contribution in [0, 0.1) is 19.3 Å². The normalized spacial score (nSPS) is 18.7. The summed E-state index contributed by atoms with van der Waals surface area (Å²) in [5, 5.41) is 0. The smallest absolute Gasteiger partial charge is 0.311 e. The minimum Gasteiger partial charge on any atom is -0.469 e. The molecule has 2 heterocycles. The van der Waals surface area contributed by atoms with E-state index in [0.717, 1.165) is 48.4 Å². The number of aryl methyl sites for hydroxylation is 3. The molecule has 0 amide bonds. The summed E-state index contributed by atoms with van der Waals surface area (Å²) in [5.41, 5.74) is 3.17. The van der Waals surface area contributed by atoms with Crippen molar-refractivity contribution in [1.82, 2.24) is 9.29 Å². The highest BCUT2D eigenvalue weighted by atomic mass is 32.2. The Bertz CT molecular complexity index is 1200. The van der Waals surface area contributed by atoms with E-state index in [0.29, 0.717) is 25.9 Å². The molecular weight excluding hydrogens is 516 g/mol. The minimum atomic E-state index is -3.80. The molecule has 1 fully saturated rings. The number of carbonyl (C=O) groups excluding carboxylic acids is 1. The fourth-order valence-electron chi connectivity index (χ4n) is 5.18. The van der Waals surface area contributed by atoms with Gasteiger partial charge in [0.1, 0.15) is 0 Å². The molecule has 1 aliphatic rings. The second kappa shape index (κ2) is 13.8.